The van der Waals surface area contributed by atoms with Crippen molar-refractivity contribution >= 4 is 28.5 Å². The van der Waals surface area contributed by atoms with Gasteiger partial charge in [0, 0.05) is 28.6 Å². The van der Waals surface area contributed by atoms with Gasteiger partial charge in [-0.25, -0.2) is 14.2 Å². The zero-order chi connectivity index (χ0) is 24.8. The number of nitrogens with two attached hydrogens (primary N) is 1. The van der Waals surface area contributed by atoms with Gasteiger partial charge < -0.3 is 19.8 Å². The highest BCUT2D eigenvalue weighted by Crippen LogP contribution is 2.46. The number of carbonyl (C=O) groups excluding carboxylic acids is 1. The lowest BCUT2D eigenvalue weighted by molar-refractivity contribution is -0.187. The van der Waals surface area contributed by atoms with Gasteiger partial charge >= 0.3 is 5.97 Å². The molecule has 9 heteroatoms. The topological polar surface area (TPSA) is 96.4 Å². The number of fused-ring (bicyclic) bond motifs is 5. The number of hydrogen-bond donors (Lipinski definition) is 1. The third-order valence-corrected chi connectivity index (χ3v) is 7.90. The maximum Gasteiger partial charge on any atom is 0.343 e. The Bertz CT molecular complexity index is 1520. The fraction of sp³-hybridized carbons (Fsp3) is 0.423. The van der Waals surface area contributed by atoms with Crippen molar-refractivity contribution in [3.63, 3.8) is 0 Å². The summed E-state index contributed by atoms with van der Waals surface area (Å²) in [5.41, 5.74) is 9.86. The van der Waals surface area contributed by atoms with E-state index in [0.29, 0.717) is 52.9 Å². The van der Waals surface area contributed by atoms with Gasteiger partial charge in [-0.2, -0.15) is 0 Å². The predicted octanol–water partition coefficient (Wildman–Crippen LogP) is 4.25. The van der Waals surface area contributed by atoms with Gasteiger partial charge in [0.05, 0.1) is 40.1 Å². The Labute approximate surface area is 206 Å². The first kappa shape index (κ1) is 22.6. The molecule has 0 saturated heterocycles. The molecule has 0 fully saturated rings. The smallest absolute Gasteiger partial charge is 0.343 e. The number of cyclic esters (lactones) is 1. The summed E-state index contributed by atoms with van der Waals surface area (Å²) in [5, 5.41) is 0.883. The van der Waals surface area contributed by atoms with Crippen molar-refractivity contribution in [3.05, 3.63) is 61.1 Å². The summed E-state index contributed by atoms with van der Waals surface area (Å²) in [5.74, 6) is -1.03. The molecule has 0 bridgehead atoms. The third-order valence-electron chi connectivity index (χ3n) is 7.49. The monoisotopic (exact) mass is 497 g/mol. The number of aryl methyl sites for hydroxylation is 1. The van der Waals surface area contributed by atoms with Crippen LogP contribution < -0.4 is 11.3 Å². The maximum atomic E-state index is 14.7. The number of pyridine rings is 2. The van der Waals surface area contributed by atoms with Crippen LogP contribution in [0.1, 0.15) is 67.5 Å². The van der Waals surface area contributed by atoms with Crippen molar-refractivity contribution in [1.82, 2.24) is 9.55 Å². The van der Waals surface area contributed by atoms with Gasteiger partial charge in [0.2, 0.25) is 0 Å². The largest absolute Gasteiger partial charge is 0.458 e. The average molecular weight is 498 g/mol. The lowest BCUT2D eigenvalue weighted by atomic mass is 9.83. The standard InChI is InChI=1S/C26H25ClFN3O4/c1-4-26(35-11(2)3)15-7-19-23-13(9-31(19)24(32)14(15)10-34-25(26)33)20-17(29)6-5-12-21(20)18(30-23)8-16(28)22(12)27/h7-8,11,17H,4-6,9-10,29H2,1-3H3/t17?,26-/m0/s1. The number of halogens is 2. The maximum absolute atomic E-state index is 14.7. The van der Waals surface area contributed by atoms with Crippen LogP contribution in [0.3, 0.4) is 0 Å². The first-order valence-corrected chi connectivity index (χ1v) is 12.3. The van der Waals surface area contributed by atoms with E-state index in [4.69, 9.17) is 31.8 Å². The van der Waals surface area contributed by atoms with Crippen LogP contribution in [0.15, 0.2) is 16.9 Å². The first-order chi connectivity index (χ1) is 16.7. The van der Waals surface area contributed by atoms with Gasteiger partial charge in [0.1, 0.15) is 12.4 Å². The minimum Gasteiger partial charge on any atom is -0.458 e. The molecule has 2 atom stereocenters. The number of benzene rings is 1. The van der Waals surface area contributed by atoms with Gasteiger partial charge in [0.15, 0.2) is 5.60 Å². The van der Waals surface area contributed by atoms with Crippen molar-refractivity contribution in [1.29, 1.82) is 0 Å². The van der Waals surface area contributed by atoms with Crippen LogP contribution in [0.5, 0.6) is 0 Å². The molecule has 0 saturated carbocycles. The quantitative estimate of drug-likeness (QED) is 0.425. The molecule has 0 radical (unpaired) electrons. The molecule has 1 aliphatic carbocycles. The van der Waals surface area contributed by atoms with Gasteiger partial charge in [-0.3, -0.25) is 4.79 Å². The second-order valence-electron chi connectivity index (χ2n) is 9.78. The van der Waals surface area contributed by atoms with E-state index < -0.39 is 17.4 Å². The van der Waals surface area contributed by atoms with Crippen LogP contribution in [-0.2, 0) is 39.4 Å². The molecule has 7 nitrogen and oxygen atoms in total. The van der Waals surface area contributed by atoms with Crippen LogP contribution >= 0.6 is 11.6 Å². The van der Waals surface area contributed by atoms with Crippen molar-refractivity contribution in [3.8, 4) is 11.4 Å². The molecule has 3 aliphatic rings. The number of nitrogens with zero attached hydrogens (tertiary/aromatic N) is 2. The Morgan fingerprint density at radius 3 is 2.80 bits per heavy atom. The van der Waals surface area contributed by atoms with E-state index in [1.165, 1.54) is 6.07 Å². The van der Waals surface area contributed by atoms with E-state index in [0.717, 1.165) is 16.5 Å². The molecule has 2 N–H and O–H groups in total. The molecule has 1 unspecified atom stereocenters. The fourth-order valence-corrected chi connectivity index (χ4v) is 6.22. The second-order valence-corrected chi connectivity index (χ2v) is 10.2. The van der Waals surface area contributed by atoms with Crippen molar-refractivity contribution in [2.45, 2.75) is 70.9 Å². The summed E-state index contributed by atoms with van der Waals surface area (Å²) in [7, 11) is 0. The summed E-state index contributed by atoms with van der Waals surface area (Å²) in [6.45, 7) is 5.69. The summed E-state index contributed by atoms with van der Waals surface area (Å²) in [6.07, 6.45) is 1.22. The second kappa shape index (κ2) is 7.59. The lowest BCUT2D eigenvalue weighted by Crippen LogP contribution is -2.47. The molecule has 182 valence electrons. The van der Waals surface area contributed by atoms with Crippen LogP contribution in [0.25, 0.3) is 22.3 Å². The normalized spacial score (nSPS) is 22.3. The molecule has 4 heterocycles. The molecular formula is C26H25ClFN3O4. The Morgan fingerprint density at radius 1 is 1.31 bits per heavy atom. The molecule has 3 aromatic rings. The molecule has 1 aromatic carbocycles. The Balaban J connectivity index is 1.67. The van der Waals surface area contributed by atoms with E-state index in [-0.39, 0.29) is 35.9 Å². The van der Waals surface area contributed by atoms with Crippen LogP contribution in [0, 0.1) is 5.82 Å². The van der Waals surface area contributed by atoms with E-state index in [9.17, 15) is 14.0 Å². The van der Waals surface area contributed by atoms with E-state index in [1.54, 1.807) is 4.57 Å². The Kier molecular flexibility index (Phi) is 4.91. The highest BCUT2D eigenvalue weighted by Gasteiger charge is 2.49. The third kappa shape index (κ3) is 2.93. The van der Waals surface area contributed by atoms with Crippen LogP contribution in [0.4, 0.5) is 4.39 Å². The number of ether oxygens (including phenoxy) is 2. The number of carbonyl (C=O) groups is 1. The molecule has 2 aromatic heterocycles. The molecule has 2 aliphatic heterocycles. The highest BCUT2D eigenvalue weighted by atomic mass is 35.5. The van der Waals surface area contributed by atoms with Gasteiger partial charge in [-0.15, -0.1) is 0 Å². The minimum absolute atomic E-state index is 0.102. The molecule has 35 heavy (non-hydrogen) atoms. The van der Waals surface area contributed by atoms with E-state index in [2.05, 4.69) is 0 Å². The molecular weight excluding hydrogens is 473 g/mol. The van der Waals surface area contributed by atoms with Gasteiger partial charge in [-0.1, -0.05) is 18.5 Å². The zero-order valence-corrected chi connectivity index (χ0v) is 20.5. The SMILES string of the molecule is CC[C@@]1(OC(C)C)C(=O)OCc2c1cc1n(c2=O)Cc2c-1nc1cc(F)c(Cl)c3c1c2C(N)CC3. The number of hydrogen-bond acceptors (Lipinski definition) is 6. The zero-order valence-electron chi connectivity index (χ0n) is 19.7. The van der Waals surface area contributed by atoms with Crippen molar-refractivity contribution in [2.24, 2.45) is 5.73 Å². The first-order valence-electron chi connectivity index (χ1n) is 11.9. The summed E-state index contributed by atoms with van der Waals surface area (Å²) < 4.78 is 27.9. The van der Waals surface area contributed by atoms with E-state index in [1.807, 2.05) is 26.8 Å². The molecule has 0 amide bonds. The van der Waals surface area contributed by atoms with Gasteiger partial charge in [-0.05, 0) is 50.3 Å². The van der Waals surface area contributed by atoms with Crippen molar-refractivity contribution < 1.29 is 18.7 Å². The highest BCUT2D eigenvalue weighted by molar-refractivity contribution is 6.32. The minimum atomic E-state index is -1.38. The number of rotatable bonds is 3. The Morgan fingerprint density at radius 2 is 2.09 bits per heavy atom. The summed E-state index contributed by atoms with van der Waals surface area (Å²) >= 11 is 6.32. The predicted molar refractivity (Wildman–Crippen MR) is 129 cm³/mol. The van der Waals surface area contributed by atoms with Crippen molar-refractivity contribution in [2.75, 3.05) is 0 Å². The molecule has 0 spiro atoms. The average Bonchev–Trinajstić information content (AvgIpc) is 3.18. The lowest BCUT2D eigenvalue weighted by Gasteiger charge is -2.37. The van der Waals surface area contributed by atoms with Gasteiger partial charge in [0.25, 0.3) is 5.56 Å². The van der Waals surface area contributed by atoms with E-state index >= 15 is 0 Å². The number of esters is 1. The van der Waals surface area contributed by atoms with Crippen LogP contribution in [-0.4, -0.2) is 21.6 Å². The fourth-order valence-electron chi connectivity index (χ4n) is 5.98. The van der Waals surface area contributed by atoms with Crippen LogP contribution in [0.2, 0.25) is 5.02 Å². The summed E-state index contributed by atoms with van der Waals surface area (Å²) in [6, 6.07) is 2.87. The number of aromatic nitrogens is 2. The molecule has 6 rings (SSSR count). The Hall–Kier alpha value is -2.81. The summed E-state index contributed by atoms with van der Waals surface area (Å²) in [4.78, 5) is 31.5.